The number of nitriles is 1. The molecule has 0 aromatic heterocycles. The van der Waals surface area contributed by atoms with Crippen molar-refractivity contribution in [3.8, 4) is 6.07 Å². The Morgan fingerprint density at radius 3 is 2.92 bits per heavy atom. The quantitative estimate of drug-likeness (QED) is 0.515. The van der Waals surface area contributed by atoms with Gasteiger partial charge in [0.05, 0.1) is 13.2 Å². The SMILES string of the molecule is COC(=O)N1CCC(C#N)C1=O. The van der Waals surface area contributed by atoms with Crippen molar-refractivity contribution in [1.29, 1.82) is 5.26 Å². The van der Waals surface area contributed by atoms with E-state index >= 15 is 0 Å². The summed E-state index contributed by atoms with van der Waals surface area (Å²) in [6.07, 6.45) is -0.275. The first kappa shape index (κ1) is 8.53. The first-order chi connectivity index (χ1) is 5.70. The molecule has 0 aliphatic carbocycles. The highest BCUT2D eigenvalue weighted by Gasteiger charge is 2.36. The monoisotopic (exact) mass is 168 g/mol. The Hall–Kier alpha value is -1.57. The van der Waals surface area contributed by atoms with Crippen LogP contribution in [0, 0.1) is 17.2 Å². The largest absolute Gasteiger partial charge is 0.452 e. The van der Waals surface area contributed by atoms with E-state index in [1.54, 1.807) is 0 Å². The van der Waals surface area contributed by atoms with Crippen molar-refractivity contribution in [3.63, 3.8) is 0 Å². The Morgan fingerprint density at radius 2 is 2.50 bits per heavy atom. The maximum absolute atomic E-state index is 11.1. The van der Waals surface area contributed by atoms with Gasteiger partial charge in [0, 0.05) is 6.54 Å². The average Bonchev–Trinajstić information content (AvgIpc) is 2.45. The standard InChI is InChI=1S/C7H8N2O3/c1-12-7(11)9-3-2-5(4-8)6(9)10/h5H,2-3H2,1H3. The number of methoxy groups -OCH3 is 1. The molecule has 5 nitrogen and oxygen atoms in total. The molecule has 0 aromatic rings. The van der Waals surface area contributed by atoms with Crippen LogP contribution in [0.2, 0.25) is 0 Å². The molecule has 1 fully saturated rings. The molecule has 1 rings (SSSR count). The summed E-state index contributed by atoms with van der Waals surface area (Å²) in [4.78, 5) is 23.0. The summed E-state index contributed by atoms with van der Waals surface area (Å²) in [5, 5.41) is 8.46. The number of nitrogens with zero attached hydrogens (tertiary/aromatic N) is 2. The van der Waals surface area contributed by atoms with E-state index in [1.807, 2.05) is 6.07 Å². The molecule has 0 spiro atoms. The fourth-order valence-corrected chi connectivity index (χ4v) is 1.09. The molecule has 0 aromatic carbocycles. The highest BCUT2D eigenvalue weighted by atomic mass is 16.5. The number of ether oxygens (including phenoxy) is 1. The second-order valence-electron chi connectivity index (χ2n) is 2.43. The van der Waals surface area contributed by atoms with Crippen LogP contribution >= 0.6 is 0 Å². The van der Waals surface area contributed by atoms with Crippen molar-refractivity contribution >= 4 is 12.0 Å². The predicted molar refractivity (Wildman–Crippen MR) is 37.8 cm³/mol. The molecule has 0 radical (unpaired) electrons. The number of carbonyl (C=O) groups excluding carboxylic acids is 2. The lowest BCUT2D eigenvalue weighted by atomic mass is 10.1. The minimum absolute atomic E-state index is 0.281. The van der Waals surface area contributed by atoms with Gasteiger partial charge in [-0.05, 0) is 6.42 Å². The van der Waals surface area contributed by atoms with Crippen molar-refractivity contribution in [1.82, 2.24) is 4.90 Å². The fourth-order valence-electron chi connectivity index (χ4n) is 1.09. The van der Waals surface area contributed by atoms with E-state index in [2.05, 4.69) is 4.74 Å². The molecule has 5 heteroatoms. The third-order valence-electron chi connectivity index (χ3n) is 1.76. The number of hydrogen-bond acceptors (Lipinski definition) is 4. The molecule has 12 heavy (non-hydrogen) atoms. The van der Waals surface area contributed by atoms with Gasteiger partial charge in [-0.15, -0.1) is 0 Å². The van der Waals surface area contributed by atoms with Crippen LogP contribution in [-0.4, -0.2) is 30.6 Å². The van der Waals surface area contributed by atoms with E-state index in [-0.39, 0.29) is 6.54 Å². The highest BCUT2D eigenvalue weighted by Crippen LogP contribution is 2.17. The molecule has 1 saturated heterocycles. The maximum Gasteiger partial charge on any atom is 0.416 e. The van der Waals surface area contributed by atoms with E-state index in [9.17, 15) is 9.59 Å². The molecule has 0 bridgehead atoms. The van der Waals surface area contributed by atoms with Crippen LogP contribution in [0.4, 0.5) is 4.79 Å². The van der Waals surface area contributed by atoms with Gasteiger partial charge in [0.15, 0.2) is 0 Å². The molecular weight excluding hydrogens is 160 g/mol. The summed E-state index contributed by atoms with van der Waals surface area (Å²) in [6.45, 7) is 0.281. The average molecular weight is 168 g/mol. The van der Waals surface area contributed by atoms with Gasteiger partial charge in [0.2, 0.25) is 5.91 Å². The number of amides is 2. The molecule has 1 unspecified atom stereocenters. The summed E-state index contributed by atoms with van der Waals surface area (Å²) in [6, 6.07) is 1.82. The summed E-state index contributed by atoms with van der Waals surface area (Å²) < 4.78 is 4.35. The molecule has 0 N–H and O–H groups in total. The lowest BCUT2D eigenvalue weighted by Gasteiger charge is -2.10. The van der Waals surface area contributed by atoms with Crippen LogP contribution < -0.4 is 0 Å². The number of rotatable bonds is 0. The predicted octanol–water partition coefficient (Wildman–Crippen LogP) is 0.125. The highest BCUT2D eigenvalue weighted by molar-refractivity contribution is 5.96. The summed E-state index contributed by atoms with van der Waals surface area (Å²) >= 11 is 0. The summed E-state index contributed by atoms with van der Waals surface area (Å²) in [5.74, 6) is -1.13. The normalized spacial score (nSPS) is 22.2. The van der Waals surface area contributed by atoms with E-state index in [0.717, 1.165) is 4.90 Å². The van der Waals surface area contributed by atoms with Crippen LogP contribution in [0.25, 0.3) is 0 Å². The first-order valence-electron chi connectivity index (χ1n) is 3.49. The number of hydrogen-bond donors (Lipinski definition) is 0. The van der Waals surface area contributed by atoms with Crippen LogP contribution in [0.5, 0.6) is 0 Å². The molecule has 0 saturated carbocycles. The van der Waals surface area contributed by atoms with Gasteiger partial charge in [-0.2, -0.15) is 5.26 Å². The van der Waals surface area contributed by atoms with Crippen molar-refractivity contribution in [2.24, 2.45) is 5.92 Å². The zero-order valence-electron chi connectivity index (χ0n) is 6.61. The van der Waals surface area contributed by atoms with Crippen molar-refractivity contribution in [2.75, 3.05) is 13.7 Å². The van der Waals surface area contributed by atoms with Gasteiger partial charge in [-0.1, -0.05) is 0 Å². The van der Waals surface area contributed by atoms with E-state index in [4.69, 9.17) is 5.26 Å². The van der Waals surface area contributed by atoms with E-state index in [1.165, 1.54) is 7.11 Å². The van der Waals surface area contributed by atoms with Gasteiger partial charge >= 0.3 is 6.09 Å². The smallest absolute Gasteiger partial charge is 0.416 e. The molecule has 1 aliphatic rings. The van der Waals surface area contributed by atoms with Gasteiger partial charge in [0.1, 0.15) is 5.92 Å². The first-order valence-corrected chi connectivity index (χ1v) is 3.49. The van der Waals surface area contributed by atoms with Crippen molar-refractivity contribution in [3.05, 3.63) is 0 Å². The molecular formula is C7H8N2O3. The topological polar surface area (TPSA) is 70.4 Å². The third kappa shape index (κ3) is 1.23. The molecule has 2 amide bonds. The second-order valence-corrected chi connectivity index (χ2v) is 2.43. The summed E-state index contributed by atoms with van der Waals surface area (Å²) in [7, 11) is 1.20. The number of likely N-dealkylation sites (tertiary alicyclic amines) is 1. The van der Waals surface area contributed by atoms with Crippen LogP contribution in [0.15, 0.2) is 0 Å². The minimum atomic E-state index is -0.683. The second kappa shape index (κ2) is 3.22. The number of carbonyl (C=O) groups is 2. The zero-order valence-corrected chi connectivity index (χ0v) is 6.61. The lowest BCUT2D eigenvalue weighted by molar-refractivity contribution is -0.128. The van der Waals surface area contributed by atoms with Crippen molar-refractivity contribution in [2.45, 2.75) is 6.42 Å². The lowest BCUT2D eigenvalue weighted by Crippen LogP contribution is -2.33. The van der Waals surface area contributed by atoms with Gasteiger partial charge < -0.3 is 4.74 Å². The Balaban J connectivity index is 2.68. The molecule has 64 valence electrons. The maximum atomic E-state index is 11.1. The van der Waals surface area contributed by atoms with Crippen molar-refractivity contribution < 1.29 is 14.3 Å². The van der Waals surface area contributed by atoms with E-state index in [0.29, 0.717) is 6.42 Å². The Bertz CT molecular complexity index is 256. The Labute approximate surface area is 69.5 Å². The molecule has 1 atom stereocenters. The Kier molecular flexibility index (Phi) is 2.29. The summed E-state index contributed by atoms with van der Waals surface area (Å²) in [5.41, 5.74) is 0. The third-order valence-corrected chi connectivity index (χ3v) is 1.76. The van der Waals surface area contributed by atoms with Crippen LogP contribution in [-0.2, 0) is 9.53 Å². The van der Waals surface area contributed by atoms with Gasteiger partial charge in [-0.25, -0.2) is 9.69 Å². The van der Waals surface area contributed by atoms with Gasteiger partial charge in [0.25, 0.3) is 0 Å². The van der Waals surface area contributed by atoms with Gasteiger partial charge in [-0.3, -0.25) is 4.79 Å². The molecule has 1 heterocycles. The Morgan fingerprint density at radius 1 is 1.83 bits per heavy atom. The molecule has 1 aliphatic heterocycles. The zero-order chi connectivity index (χ0) is 9.14. The van der Waals surface area contributed by atoms with Crippen LogP contribution in [0.3, 0.4) is 0 Å². The minimum Gasteiger partial charge on any atom is -0.452 e. The fraction of sp³-hybridized carbons (Fsp3) is 0.571. The van der Waals surface area contributed by atoms with E-state index < -0.39 is 17.9 Å². The number of imide groups is 1. The van der Waals surface area contributed by atoms with Crippen LogP contribution in [0.1, 0.15) is 6.42 Å².